The first-order chi connectivity index (χ1) is 18.9. The number of carboxylic acids is 1. The Morgan fingerprint density at radius 2 is 1.44 bits per heavy atom. The molecular formula is C31H40ClN3O4. The Balaban J connectivity index is 0.000000293. The van der Waals surface area contributed by atoms with Crippen LogP contribution in [0.15, 0.2) is 84.9 Å². The van der Waals surface area contributed by atoms with Crippen LogP contribution in [0.25, 0.3) is 0 Å². The summed E-state index contributed by atoms with van der Waals surface area (Å²) >= 11 is 6.08. The Morgan fingerprint density at radius 3 is 1.97 bits per heavy atom. The number of carbonyl (C=O) groups is 1. The van der Waals surface area contributed by atoms with Crippen molar-refractivity contribution < 1.29 is 19.7 Å². The van der Waals surface area contributed by atoms with Crippen LogP contribution in [0.5, 0.6) is 0 Å². The SMILES string of the molecule is CN[C@@H](C)[C@@H](O)c1ccccc1.O=C(O)COCCN1CCN([C@H](c2ccccc2)c2ccc(Cl)cc2)CC1. The predicted molar refractivity (Wildman–Crippen MR) is 156 cm³/mol. The molecule has 3 aromatic rings. The summed E-state index contributed by atoms with van der Waals surface area (Å²) in [6.45, 7) is 6.71. The van der Waals surface area contributed by atoms with Gasteiger partial charge in [-0.3, -0.25) is 9.80 Å². The summed E-state index contributed by atoms with van der Waals surface area (Å²) in [6.07, 6.45) is -0.420. The molecule has 4 rings (SSSR count). The largest absolute Gasteiger partial charge is 0.480 e. The van der Waals surface area contributed by atoms with E-state index < -0.39 is 12.1 Å². The first kappa shape index (κ1) is 30.8. The summed E-state index contributed by atoms with van der Waals surface area (Å²) in [5, 5.41) is 22.1. The molecule has 0 aromatic heterocycles. The van der Waals surface area contributed by atoms with E-state index in [0.717, 1.165) is 43.3 Å². The molecule has 1 heterocycles. The van der Waals surface area contributed by atoms with E-state index in [4.69, 9.17) is 21.4 Å². The quantitative estimate of drug-likeness (QED) is 0.302. The van der Waals surface area contributed by atoms with Crippen LogP contribution in [0, 0.1) is 0 Å². The van der Waals surface area contributed by atoms with Crippen LogP contribution in [0.2, 0.25) is 5.02 Å². The van der Waals surface area contributed by atoms with Crippen molar-refractivity contribution in [1.29, 1.82) is 0 Å². The summed E-state index contributed by atoms with van der Waals surface area (Å²) in [7, 11) is 1.84. The number of ether oxygens (including phenoxy) is 1. The molecule has 7 nitrogen and oxygen atoms in total. The number of halogens is 1. The molecule has 8 heteroatoms. The summed E-state index contributed by atoms with van der Waals surface area (Å²) in [5.41, 5.74) is 3.47. The van der Waals surface area contributed by atoms with Crippen LogP contribution in [-0.2, 0) is 9.53 Å². The van der Waals surface area contributed by atoms with Gasteiger partial charge in [0.05, 0.1) is 18.8 Å². The number of carboxylic acid groups (broad SMARTS) is 1. The van der Waals surface area contributed by atoms with Gasteiger partial charge in [-0.25, -0.2) is 4.79 Å². The highest BCUT2D eigenvalue weighted by Crippen LogP contribution is 2.30. The highest BCUT2D eigenvalue weighted by atomic mass is 35.5. The standard InChI is InChI=1S/C21H25ClN2O3.C10H15NO/c22-19-8-6-18(7-9-19)21(17-4-2-1-3-5-17)24-12-10-23(11-13-24)14-15-27-16-20(25)26;1-8(11-2)10(12)9-6-4-3-5-7-9/h1-9,21H,10-16H2,(H,25,26);3-8,10-12H,1-2H3/t21-;8-,10+/m10/s1. The third kappa shape index (κ3) is 10.0. The molecular weight excluding hydrogens is 514 g/mol. The van der Waals surface area contributed by atoms with Crippen LogP contribution < -0.4 is 5.32 Å². The van der Waals surface area contributed by atoms with Crippen molar-refractivity contribution in [2.45, 2.75) is 25.1 Å². The number of hydrogen-bond acceptors (Lipinski definition) is 6. The molecule has 3 atom stereocenters. The summed E-state index contributed by atoms with van der Waals surface area (Å²) < 4.78 is 5.15. The highest BCUT2D eigenvalue weighted by molar-refractivity contribution is 6.30. The fourth-order valence-electron chi connectivity index (χ4n) is 4.59. The number of rotatable bonds is 11. The molecule has 210 valence electrons. The number of nitrogens with zero attached hydrogens (tertiary/aromatic N) is 2. The van der Waals surface area contributed by atoms with Crippen LogP contribution in [0.4, 0.5) is 0 Å². The van der Waals surface area contributed by atoms with Crippen molar-refractivity contribution in [3.63, 3.8) is 0 Å². The van der Waals surface area contributed by atoms with Crippen LogP contribution in [0.3, 0.4) is 0 Å². The fourth-order valence-corrected chi connectivity index (χ4v) is 4.72. The van der Waals surface area contributed by atoms with Gasteiger partial charge >= 0.3 is 5.97 Å². The average Bonchev–Trinajstić information content (AvgIpc) is 2.97. The van der Waals surface area contributed by atoms with E-state index in [9.17, 15) is 9.90 Å². The fraction of sp³-hybridized carbons (Fsp3) is 0.387. The van der Waals surface area contributed by atoms with Crippen molar-refractivity contribution in [3.05, 3.63) is 107 Å². The molecule has 0 amide bonds. The highest BCUT2D eigenvalue weighted by Gasteiger charge is 2.26. The number of aliphatic hydroxyl groups excluding tert-OH is 1. The predicted octanol–water partition coefficient (Wildman–Crippen LogP) is 4.48. The van der Waals surface area contributed by atoms with E-state index in [-0.39, 0.29) is 18.7 Å². The van der Waals surface area contributed by atoms with E-state index in [2.05, 4.69) is 51.5 Å². The third-order valence-corrected chi connectivity index (χ3v) is 7.17. The monoisotopic (exact) mass is 553 g/mol. The maximum atomic E-state index is 10.5. The second kappa shape index (κ2) is 16.4. The van der Waals surface area contributed by atoms with Gasteiger partial charge in [0, 0.05) is 43.8 Å². The first-order valence-electron chi connectivity index (χ1n) is 13.4. The van der Waals surface area contributed by atoms with E-state index in [1.807, 2.05) is 62.5 Å². The van der Waals surface area contributed by atoms with Crippen molar-refractivity contribution in [3.8, 4) is 0 Å². The smallest absolute Gasteiger partial charge is 0.329 e. The van der Waals surface area contributed by atoms with Gasteiger partial charge in [0.15, 0.2) is 0 Å². The average molecular weight is 554 g/mol. The molecule has 1 aliphatic rings. The minimum absolute atomic E-state index is 0.0902. The van der Waals surface area contributed by atoms with Crippen molar-refractivity contribution in [2.75, 3.05) is 53.0 Å². The lowest BCUT2D eigenvalue weighted by atomic mass is 9.96. The van der Waals surface area contributed by atoms with Gasteiger partial charge in [-0.2, -0.15) is 0 Å². The van der Waals surface area contributed by atoms with Crippen molar-refractivity contribution >= 4 is 17.6 Å². The Morgan fingerprint density at radius 1 is 0.897 bits per heavy atom. The molecule has 0 bridgehead atoms. The Labute approximate surface area is 237 Å². The normalized spacial score (nSPS) is 16.5. The lowest BCUT2D eigenvalue weighted by molar-refractivity contribution is -0.142. The molecule has 0 aliphatic carbocycles. The molecule has 0 saturated carbocycles. The van der Waals surface area contributed by atoms with Gasteiger partial charge in [0.2, 0.25) is 0 Å². The molecule has 1 fully saturated rings. The molecule has 3 N–H and O–H groups in total. The summed E-state index contributed by atoms with van der Waals surface area (Å²) in [6, 6.07) is 28.6. The van der Waals surface area contributed by atoms with Crippen LogP contribution in [0.1, 0.15) is 35.8 Å². The lowest BCUT2D eigenvalue weighted by Crippen LogP contribution is -2.48. The molecule has 39 heavy (non-hydrogen) atoms. The number of benzene rings is 3. The number of aliphatic hydroxyl groups is 1. The maximum absolute atomic E-state index is 10.5. The summed E-state index contributed by atoms with van der Waals surface area (Å²) in [5.74, 6) is -0.923. The lowest BCUT2D eigenvalue weighted by Gasteiger charge is -2.39. The van der Waals surface area contributed by atoms with Crippen molar-refractivity contribution in [2.24, 2.45) is 0 Å². The Kier molecular flexibility index (Phi) is 12.9. The van der Waals surface area contributed by atoms with Gasteiger partial charge < -0.3 is 20.3 Å². The second-order valence-electron chi connectivity index (χ2n) is 9.62. The van der Waals surface area contributed by atoms with Gasteiger partial charge in [-0.15, -0.1) is 0 Å². The van der Waals surface area contributed by atoms with Crippen LogP contribution in [-0.4, -0.2) is 85.0 Å². The molecule has 0 radical (unpaired) electrons. The Bertz CT molecular complexity index is 1090. The Hall–Kier alpha value is -2.78. The number of piperazine rings is 1. The topological polar surface area (TPSA) is 85.3 Å². The molecule has 3 aromatic carbocycles. The number of aliphatic carboxylic acids is 1. The second-order valence-corrected chi connectivity index (χ2v) is 10.1. The third-order valence-electron chi connectivity index (χ3n) is 6.92. The van der Waals surface area contributed by atoms with Gasteiger partial charge in [-0.05, 0) is 42.8 Å². The number of likely N-dealkylation sites (N-methyl/N-ethyl adjacent to an activating group) is 1. The number of nitrogens with one attached hydrogen (secondary N) is 1. The number of hydrogen-bond donors (Lipinski definition) is 3. The minimum atomic E-state index is -0.923. The minimum Gasteiger partial charge on any atom is -0.480 e. The maximum Gasteiger partial charge on any atom is 0.329 e. The molecule has 0 unspecified atom stereocenters. The first-order valence-corrected chi connectivity index (χ1v) is 13.7. The molecule has 0 spiro atoms. The molecule has 1 aliphatic heterocycles. The zero-order chi connectivity index (χ0) is 28.0. The van der Waals surface area contributed by atoms with Gasteiger partial charge in [0.25, 0.3) is 0 Å². The van der Waals surface area contributed by atoms with Crippen molar-refractivity contribution in [1.82, 2.24) is 15.1 Å². The van der Waals surface area contributed by atoms with Gasteiger partial charge in [-0.1, -0.05) is 84.4 Å². The summed E-state index contributed by atoms with van der Waals surface area (Å²) in [4.78, 5) is 15.3. The van der Waals surface area contributed by atoms with E-state index in [1.54, 1.807) is 0 Å². The van der Waals surface area contributed by atoms with Crippen LogP contribution >= 0.6 is 11.6 Å². The zero-order valence-corrected chi connectivity index (χ0v) is 23.5. The van der Waals surface area contributed by atoms with E-state index >= 15 is 0 Å². The zero-order valence-electron chi connectivity index (χ0n) is 22.7. The van der Waals surface area contributed by atoms with E-state index in [0.29, 0.717) is 6.61 Å². The van der Waals surface area contributed by atoms with E-state index in [1.165, 1.54) is 11.1 Å². The van der Waals surface area contributed by atoms with Gasteiger partial charge in [0.1, 0.15) is 6.61 Å². The molecule has 1 saturated heterocycles.